The summed E-state index contributed by atoms with van der Waals surface area (Å²) in [5, 5.41) is 8.55. The topological polar surface area (TPSA) is 32.6 Å². The SMILES string of the molecule is c1ccc(-n2c3ccccc3c3cc(-n4c5ccccc5c5cc(-c6ccc(-c7ccc8c(c7)c7ccccc7n8-c7ccc8c(c7)c7ncccc7n8-c7ccccc7)cc6)ccc54)ccc32)cc1. The van der Waals surface area contributed by atoms with Gasteiger partial charge in [-0.3, -0.25) is 4.98 Å². The maximum atomic E-state index is 4.90. The van der Waals surface area contributed by atoms with Gasteiger partial charge in [0.1, 0.15) is 0 Å². The van der Waals surface area contributed by atoms with Crippen LogP contribution < -0.4 is 0 Å². The third-order valence-electron chi connectivity index (χ3n) is 14.6. The van der Waals surface area contributed by atoms with Gasteiger partial charge < -0.3 is 18.3 Å². The van der Waals surface area contributed by atoms with Crippen molar-refractivity contribution in [2.24, 2.45) is 0 Å². The number of hydrogen-bond donors (Lipinski definition) is 0. The lowest BCUT2D eigenvalue weighted by Crippen LogP contribution is -1.95. The average Bonchev–Trinajstić information content (AvgIpc) is 4.16. The summed E-state index contributed by atoms with van der Waals surface area (Å²) < 4.78 is 9.53. The molecule has 0 bridgehead atoms. The Morgan fingerprint density at radius 3 is 1.06 bits per heavy atom. The lowest BCUT2D eigenvalue weighted by atomic mass is 9.98. The number of fused-ring (bicyclic) bond motifs is 12. The van der Waals surface area contributed by atoms with Crippen molar-refractivity contribution in [1.82, 2.24) is 23.3 Å². The highest BCUT2D eigenvalue weighted by molar-refractivity contribution is 6.14. The Morgan fingerprint density at radius 2 is 0.557 bits per heavy atom. The van der Waals surface area contributed by atoms with Gasteiger partial charge in [-0.15, -0.1) is 0 Å². The first-order valence-corrected chi connectivity index (χ1v) is 23.9. The number of benzene rings is 10. The van der Waals surface area contributed by atoms with Crippen molar-refractivity contribution in [2.75, 3.05) is 0 Å². The van der Waals surface area contributed by atoms with E-state index >= 15 is 0 Å². The van der Waals surface area contributed by atoms with Crippen LogP contribution in [0.1, 0.15) is 0 Å². The van der Waals surface area contributed by atoms with E-state index in [1.807, 2.05) is 12.3 Å². The van der Waals surface area contributed by atoms with E-state index < -0.39 is 0 Å². The molecular formula is C65H41N5. The van der Waals surface area contributed by atoms with Crippen molar-refractivity contribution in [3.05, 3.63) is 249 Å². The van der Waals surface area contributed by atoms with Gasteiger partial charge in [-0.25, -0.2) is 0 Å². The molecule has 10 aromatic carbocycles. The Bertz CT molecular complexity index is 4270. The molecule has 0 aliphatic carbocycles. The highest BCUT2D eigenvalue weighted by Gasteiger charge is 2.20. The van der Waals surface area contributed by atoms with Crippen LogP contribution in [0.2, 0.25) is 0 Å². The van der Waals surface area contributed by atoms with Gasteiger partial charge in [0.05, 0.1) is 49.7 Å². The van der Waals surface area contributed by atoms with Gasteiger partial charge >= 0.3 is 0 Å². The maximum absolute atomic E-state index is 4.90. The second-order valence-corrected chi connectivity index (χ2v) is 18.4. The molecule has 0 unspecified atom stereocenters. The molecule has 0 spiro atoms. The van der Waals surface area contributed by atoms with Crippen LogP contribution >= 0.6 is 0 Å². The summed E-state index contributed by atoms with van der Waals surface area (Å²) in [5.41, 5.74) is 19.7. The Balaban J connectivity index is 0.799. The predicted octanol–water partition coefficient (Wildman–Crippen LogP) is 16.8. The first-order chi connectivity index (χ1) is 34.7. The van der Waals surface area contributed by atoms with Crippen LogP contribution in [0.15, 0.2) is 249 Å². The Kier molecular flexibility index (Phi) is 8.29. The summed E-state index contributed by atoms with van der Waals surface area (Å²) in [6.07, 6.45) is 1.89. The molecule has 5 aromatic heterocycles. The minimum absolute atomic E-state index is 0.999. The normalized spacial score (nSPS) is 12.0. The van der Waals surface area contributed by atoms with Crippen LogP contribution in [0.4, 0.5) is 0 Å². The Labute approximate surface area is 402 Å². The minimum Gasteiger partial charge on any atom is -0.309 e. The monoisotopic (exact) mass is 891 g/mol. The van der Waals surface area contributed by atoms with Crippen molar-refractivity contribution in [3.63, 3.8) is 0 Å². The molecule has 0 N–H and O–H groups in total. The predicted molar refractivity (Wildman–Crippen MR) is 292 cm³/mol. The van der Waals surface area contributed by atoms with Crippen molar-refractivity contribution >= 4 is 87.4 Å². The van der Waals surface area contributed by atoms with E-state index in [0.29, 0.717) is 0 Å². The molecule has 0 aliphatic heterocycles. The zero-order chi connectivity index (χ0) is 45.9. The van der Waals surface area contributed by atoms with Gasteiger partial charge in [0.15, 0.2) is 0 Å². The smallest absolute Gasteiger partial charge is 0.0964 e. The molecule has 0 saturated heterocycles. The lowest BCUT2D eigenvalue weighted by molar-refractivity contribution is 1.16. The Morgan fingerprint density at radius 1 is 0.214 bits per heavy atom. The molecule has 70 heavy (non-hydrogen) atoms. The van der Waals surface area contributed by atoms with Crippen LogP contribution in [-0.4, -0.2) is 23.3 Å². The standard InChI is InChI=1S/C65H41N5/c1-3-14-46(15-4-1)67-57-21-10-9-20-52(57)55-40-48(31-35-62(55)67)69-58-22-11-7-18-50(58)53-38-44(29-33-60(53)69)42-25-27-43(28-26-42)45-30-34-61-54(39-45)51-19-8-12-23-59(51)70(61)49-32-36-63-56(41-49)65-64(24-13-37-66-65)68(63)47-16-5-2-6-17-47/h1-41H. The molecule has 15 rings (SSSR count). The zero-order valence-electron chi connectivity index (χ0n) is 37.9. The summed E-state index contributed by atoms with van der Waals surface area (Å²) in [7, 11) is 0. The quantitative estimate of drug-likeness (QED) is 0.164. The number of nitrogens with zero attached hydrogens (tertiary/aromatic N) is 5. The van der Waals surface area contributed by atoms with Crippen molar-refractivity contribution in [3.8, 4) is 45.0 Å². The third kappa shape index (κ3) is 5.69. The molecule has 0 fully saturated rings. The van der Waals surface area contributed by atoms with Crippen molar-refractivity contribution in [1.29, 1.82) is 0 Å². The van der Waals surface area contributed by atoms with E-state index in [9.17, 15) is 0 Å². The first-order valence-electron chi connectivity index (χ1n) is 23.9. The van der Waals surface area contributed by atoms with Gasteiger partial charge in [-0.2, -0.15) is 0 Å². The van der Waals surface area contributed by atoms with Gasteiger partial charge in [0, 0.05) is 66.6 Å². The number of rotatable bonds is 6. The zero-order valence-corrected chi connectivity index (χ0v) is 37.9. The molecule has 0 amide bonds. The van der Waals surface area contributed by atoms with Crippen LogP contribution in [0.5, 0.6) is 0 Å². The van der Waals surface area contributed by atoms with E-state index in [1.54, 1.807) is 0 Å². The molecule has 0 aliphatic rings. The average molecular weight is 892 g/mol. The van der Waals surface area contributed by atoms with Crippen LogP contribution in [-0.2, 0) is 0 Å². The van der Waals surface area contributed by atoms with Gasteiger partial charge in [0.2, 0.25) is 0 Å². The molecule has 5 heteroatoms. The lowest BCUT2D eigenvalue weighted by Gasteiger charge is -2.11. The minimum atomic E-state index is 0.999. The van der Waals surface area contributed by atoms with E-state index in [0.717, 1.165) is 44.7 Å². The number of hydrogen-bond acceptors (Lipinski definition) is 1. The van der Waals surface area contributed by atoms with Crippen molar-refractivity contribution < 1.29 is 0 Å². The maximum Gasteiger partial charge on any atom is 0.0964 e. The van der Waals surface area contributed by atoms with E-state index in [1.165, 1.54) is 87.7 Å². The molecule has 15 aromatic rings. The second-order valence-electron chi connectivity index (χ2n) is 18.4. The molecule has 5 nitrogen and oxygen atoms in total. The molecule has 326 valence electrons. The summed E-state index contributed by atoms with van der Waals surface area (Å²) in [4.78, 5) is 4.90. The third-order valence-corrected chi connectivity index (χ3v) is 14.6. The van der Waals surface area contributed by atoms with E-state index in [-0.39, 0.29) is 0 Å². The highest BCUT2D eigenvalue weighted by Crippen LogP contribution is 2.41. The van der Waals surface area contributed by atoms with Gasteiger partial charge in [-0.1, -0.05) is 127 Å². The molecule has 0 saturated carbocycles. The van der Waals surface area contributed by atoms with Gasteiger partial charge in [0.25, 0.3) is 0 Å². The summed E-state index contributed by atoms with van der Waals surface area (Å²) in [6, 6.07) is 88.4. The number of pyridine rings is 1. The summed E-state index contributed by atoms with van der Waals surface area (Å²) in [5.74, 6) is 0. The first kappa shape index (κ1) is 38.6. The molecule has 0 radical (unpaired) electrons. The van der Waals surface area contributed by atoms with E-state index in [4.69, 9.17) is 4.98 Å². The molecule has 5 heterocycles. The fraction of sp³-hybridized carbons (Fsp3) is 0. The fourth-order valence-electron chi connectivity index (χ4n) is 11.5. The van der Waals surface area contributed by atoms with Crippen LogP contribution in [0.25, 0.3) is 132 Å². The molecular weight excluding hydrogens is 851 g/mol. The number of aromatic nitrogens is 5. The highest BCUT2D eigenvalue weighted by atomic mass is 15.0. The Hall–Kier alpha value is -9.45. The summed E-state index contributed by atoms with van der Waals surface area (Å²) >= 11 is 0. The molecule has 0 atom stereocenters. The van der Waals surface area contributed by atoms with Crippen LogP contribution in [0.3, 0.4) is 0 Å². The number of para-hydroxylation sites is 5. The summed E-state index contributed by atoms with van der Waals surface area (Å²) in [6.45, 7) is 0. The second kappa shape index (κ2) is 15.0. The van der Waals surface area contributed by atoms with E-state index in [2.05, 4.69) is 255 Å². The van der Waals surface area contributed by atoms with Crippen molar-refractivity contribution in [2.45, 2.75) is 0 Å². The van der Waals surface area contributed by atoms with Crippen LogP contribution in [0, 0.1) is 0 Å². The fourth-order valence-corrected chi connectivity index (χ4v) is 11.5. The van der Waals surface area contributed by atoms with Gasteiger partial charge in [-0.05, 0) is 138 Å². The largest absolute Gasteiger partial charge is 0.309 e.